The number of hydrogen-bond acceptors (Lipinski definition) is 3. The summed E-state index contributed by atoms with van der Waals surface area (Å²) in [6.45, 7) is 5.50. The third-order valence-electron chi connectivity index (χ3n) is 3.16. The number of hydrogen-bond donors (Lipinski definition) is 3. The fourth-order valence-corrected chi connectivity index (χ4v) is 1.96. The molecule has 1 aromatic rings. The van der Waals surface area contributed by atoms with Crippen molar-refractivity contribution >= 4 is 29.2 Å². The number of benzene rings is 1. The number of ether oxygens (including phenoxy) is 1. The Morgan fingerprint density at radius 1 is 1.27 bits per heavy atom. The van der Waals surface area contributed by atoms with Gasteiger partial charge < -0.3 is 20.7 Å². The maximum atomic E-state index is 12.0. The van der Waals surface area contributed by atoms with Crippen LogP contribution in [0.5, 0.6) is 5.75 Å². The summed E-state index contributed by atoms with van der Waals surface area (Å²) in [6.07, 6.45) is 0.824. The van der Waals surface area contributed by atoms with Gasteiger partial charge in [0.15, 0.2) is 5.75 Å². The van der Waals surface area contributed by atoms with Crippen LogP contribution in [-0.2, 0) is 4.79 Å². The Morgan fingerprint density at radius 3 is 2.55 bits per heavy atom. The van der Waals surface area contributed by atoms with Crippen molar-refractivity contribution in [2.45, 2.75) is 39.3 Å². The first kappa shape index (κ1) is 18.1. The van der Waals surface area contributed by atoms with Gasteiger partial charge in [0.2, 0.25) is 5.91 Å². The molecule has 0 bridgehead atoms. The largest absolute Gasteiger partial charge is 0.493 e. The molecular formula is C15H22ClN3O3. The molecule has 0 heterocycles. The number of carbonyl (C=O) groups is 2. The van der Waals surface area contributed by atoms with Crippen molar-refractivity contribution in [3.05, 3.63) is 23.2 Å². The molecule has 22 heavy (non-hydrogen) atoms. The van der Waals surface area contributed by atoms with Gasteiger partial charge in [0.25, 0.3) is 0 Å². The highest BCUT2D eigenvalue weighted by Crippen LogP contribution is 2.32. The first-order chi connectivity index (χ1) is 10.4. The summed E-state index contributed by atoms with van der Waals surface area (Å²) in [5.74, 6) is 0.138. The molecule has 0 radical (unpaired) electrons. The first-order valence-electron chi connectivity index (χ1n) is 7.09. The van der Waals surface area contributed by atoms with Crippen molar-refractivity contribution in [1.82, 2.24) is 10.6 Å². The van der Waals surface area contributed by atoms with Crippen LogP contribution in [0.15, 0.2) is 18.2 Å². The highest BCUT2D eigenvalue weighted by molar-refractivity contribution is 6.32. The first-order valence-corrected chi connectivity index (χ1v) is 7.47. The van der Waals surface area contributed by atoms with Crippen molar-refractivity contribution in [3.8, 4) is 5.75 Å². The number of carbonyl (C=O) groups excluding carboxylic acids is 2. The molecule has 0 aliphatic carbocycles. The molecule has 0 saturated heterocycles. The molecule has 0 saturated carbocycles. The zero-order valence-electron chi connectivity index (χ0n) is 13.2. The molecule has 122 valence electrons. The molecule has 0 fully saturated rings. The van der Waals surface area contributed by atoms with Gasteiger partial charge in [-0.2, -0.15) is 0 Å². The van der Waals surface area contributed by atoms with Crippen molar-refractivity contribution in [2.24, 2.45) is 0 Å². The summed E-state index contributed by atoms with van der Waals surface area (Å²) in [4.78, 5) is 23.8. The monoisotopic (exact) mass is 327 g/mol. The van der Waals surface area contributed by atoms with Gasteiger partial charge in [-0.25, -0.2) is 4.79 Å². The second-order valence-corrected chi connectivity index (χ2v) is 5.37. The maximum absolute atomic E-state index is 12.0. The Hall–Kier alpha value is -1.95. The Kier molecular flexibility index (Phi) is 6.98. The highest BCUT2D eigenvalue weighted by Gasteiger charge is 2.18. The molecule has 3 N–H and O–H groups in total. The lowest BCUT2D eigenvalue weighted by Gasteiger charge is -2.18. The molecule has 0 aliphatic rings. The van der Waals surface area contributed by atoms with Gasteiger partial charge in [0.1, 0.15) is 6.04 Å². The van der Waals surface area contributed by atoms with Crippen LogP contribution >= 0.6 is 11.6 Å². The molecule has 0 spiro atoms. The minimum Gasteiger partial charge on any atom is -0.493 e. The van der Waals surface area contributed by atoms with Crippen LogP contribution in [0.4, 0.5) is 10.5 Å². The number of rotatable bonds is 6. The van der Waals surface area contributed by atoms with Gasteiger partial charge in [-0.3, -0.25) is 4.79 Å². The van der Waals surface area contributed by atoms with E-state index in [1.165, 1.54) is 7.11 Å². The van der Waals surface area contributed by atoms with E-state index in [1.807, 2.05) is 13.8 Å². The summed E-state index contributed by atoms with van der Waals surface area (Å²) < 4.78 is 5.14. The van der Waals surface area contributed by atoms with Crippen LogP contribution in [0.2, 0.25) is 5.02 Å². The van der Waals surface area contributed by atoms with Crippen molar-refractivity contribution in [2.75, 3.05) is 12.4 Å². The molecule has 7 heteroatoms. The predicted molar refractivity (Wildman–Crippen MR) is 87.5 cm³/mol. The summed E-state index contributed by atoms with van der Waals surface area (Å²) in [6, 6.07) is 3.92. The van der Waals surface area contributed by atoms with Crippen molar-refractivity contribution in [3.63, 3.8) is 0 Å². The van der Waals surface area contributed by atoms with E-state index in [4.69, 9.17) is 16.3 Å². The minimum atomic E-state index is -0.654. The number of urea groups is 1. The quantitative estimate of drug-likeness (QED) is 0.751. The van der Waals surface area contributed by atoms with Crippen LogP contribution in [0.3, 0.4) is 0 Å². The number of para-hydroxylation sites is 1. The van der Waals surface area contributed by atoms with E-state index in [0.29, 0.717) is 16.5 Å². The average Bonchev–Trinajstić information content (AvgIpc) is 2.47. The average molecular weight is 328 g/mol. The summed E-state index contributed by atoms with van der Waals surface area (Å²) in [5, 5.41) is 8.38. The van der Waals surface area contributed by atoms with Gasteiger partial charge in [-0.1, -0.05) is 24.6 Å². The van der Waals surface area contributed by atoms with Crippen LogP contribution in [0.1, 0.15) is 27.2 Å². The number of methoxy groups -OCH3 is 1. The maximum Gasteiger partial charge on any atom is 0.319 e. The lowest BCUT2D eigenvalue weighted by molar-refractivity contribution is -0.123. The Morgan fingerprint density at radius 2 is 1.95 bits per heavy atom. The smallest absolute Gasteiger partial charge is 0.319 e. The van der Waals surface area contributed by atoms with Gasteiger partial charge in [0, 0.05) is 6.04 Å². The Labute approximate surface area is 135 Å². The predicted octanol–water partition coefficient (Wildman–Crippen LogP) is 2.77. The van der Waals surface area contributed by atoms with Gasteiger partial charge in [-0.15, -0.1) is 0 Å². The van der Waals surface area contributed by atoms with E-state index in [1.54, 1.807) is 25.1 Å². The number of halogens is 1. The second-order valence-electron chi connectivity index (χ2n) is 4.96. The molecule has 6 nitrogen and oxygen atoms in total. The summed E-state index contributed by atoms with van der Waals surface area (Å²) in [5.41, 5.74) is 0.432. The number of amides is 3. The SMILES string of the molecule is CC[C@@H](C)NC(=O)[C@H](C)NC(=O)Nc1cccc(Cl)c1OC. The number of nitrogens with one attached hydrogen (secondary N) is 3. The third kappa shape index (κ3) is 5.11. The zero-order valence-corrected chi connectivity index (χ0v) is 14.0. The zero-order chi connectivity index (χ0) is 16.7. The topological polar surface area (TPSA) is 79.5 Å². The Bertz CT molecular complexity index is 537. The van der Waals surface area contributed by atoms with Crippen LogP contribution < -0.4 is 20.7 Å². The third-order valence-corrected chi connectivity index (χ3v) is 3.46. The molecule has 1 rings (SSSR count). The van der Waals surface area contributed by atoms with E-state index >= 15 is 0 Å². The molecule has 0 aromatic heterocycles. The number of anilines is 1. The molecule has 0 aliphatic heterocycles. The van der Waals surface area contributed by atoms with E-state index in [0.717, 1.165) is 6.42 Å². The van der Waals surface area contributed by atoms with E-state index < -0.39 is 12.1 Å². The van der Waals surface area contributed by atoms with Crippen molar-refractivity contribution < 1.29 is 14.3 Å². The minimum absolute atomic E-state index is 0.0628. The van der Waals surface area contributed by atoms with E-state index in [-0.39, 0.29) is 11.9 Å². The van der Waals surface area contributed by atoms with Gasteiger partial charge >= 0.3 is 6.03 Å². The van der Waals surface area contributed by atoms with Crippen LogP contribution in [0, 0.1) is 0 Å². The fourth-order valence-electron chi connectivity index (χ4n) is 1.71. The van der Waals surface area contributed by atoms with Crippen molar-refractivity contribution in [1.29, 1.82) is 0 Å². The standard InChI is InChI=1S/C15H22ClN3O3/c1-5-9(2)17-14(20)10(3)18-15(21)19-12-8-6-7-11(16)13(12)22-4/h6-10H,5H2,1-4H3,(H,17,20)(H2,18,19,21)/t9-,10+/m1/s1. The van der Waals surface area contributed by atoms with Crippen LogP contribution in [-0.4, -0.2) is 31.1 Å². The lowest BCUT2D eigenvalue weighted by Crippen LogP contribution is -2.48. The molecular weight excluding hydrogens is 306 g/mol. The lowest BCUT2D eigenvalue weighted by atomic mass is 10.2. The van der Waals surface area contributed by atoms with E-state index in [2.05, 4.69) is 16.0 Å². The van der Waals surface area contributed by atoms with Crippen LogP contribution in [0.25, 0.3) is 0 Å². The normalized spacial score (nSPS) is 13.0. The summed E-state index contributed by atoms with van der Waals surface area (Å²) >= 11 is 5.98. The summed E-state index contributed by atoms with van der Waals surface area (Å²) in [7, 11) is 1.46. The van der Waals surface area contributed by atoms with E-state index in [9.17, 15) is 9.59 Å². The highest BCUT2D eigenvalue weighted by atomic mass is 35.5. The Balaban J connectivity index is 2.63. The molecule has 1 aromatic carbocycles. The van der Waals surface area contributed by atoms with Gasteiger partial charge in [0.05, 0.1) is 17.8 Å². The molecule has 0 unspecified atom stereocenters. The molecule has 2 atom stereocenters. The van der Waals surface area contributed by atoms with Gasteiger partial charge in [-0.05, 0) is 32.4 Å². The molecule has 3 amide bonds. The second kappa shape index (κ2) is 8.48. The fraction of sp³-hybridized carbons (Fsp3) is 0.467.